The maximum atomic E-state index is 13.7. The van der Waals surface area contributed by atoms with Crippen molar-refractivity contribution in [3.8, 4) is 5.75 Å². The van der Waals surface area contributed by atoms with Crippen LogP contribution in [0.2, 0.25) is 0 Å². The van der Waals surface area contributed by atoms with Gasteiger partial charge >= 0.3 is 0 Å². The predicted molar refractivity (Wildman–Crippen MR) is 94.9 cm³/mol. The normalized spacial score (nSPS) is 22.1. The fraction of sp³-hybridized carbons (Fsp3) is 0.556. The first kappa shape index (κ1) is 19.7. The Labute approximate surface area is 153 Å². The third-order valence-electron chi connectivity index (χ3n) is 5.16. The molecule has 1 aromatic carbocycles. The van der Waals surface area contributed by atoms with Crippen LogP contribution < -0.4 is 10.1 Å². The van der Waals surface area contributed by atoms with E-state index >= 15 is 0 Å². The smallest absolute Gasteiger partial charge is 0.223 e. The van der Waals surface area contributed by atoms with Gasteiger partial charge in [-0.15, -0.1) is 12.4 Å². The van der Waals surface area contributed by atoms with Crippen LogP contribution >= 0.6 is 12.4 Å². The summed E-state index contributed by atoms with van der Waals surface area (Å²) < 4.78 is 18.5. The van der Waals surface area contributed by atoms with Crippen molar-refractivity contribution < 1.29 is 18.7 Å². The van der Waals surface area contributed by atoms with Gasteiger partial charge in [0.1, 0.15) is 0 Å². The average molecular weight is 371 g/mol. The van der Waals surface area contributed by atoms with Gasteiger partial charge in [0, 0.05) is 43.5 Å². The van der Waals surface area contributed by atoms with Crippen molar-refractivity contribution in [3.05, 3.63) is 29.6 Å². The van der Waals surface area contributed by atoms with E-state index in [0.29, 0.717) is 0 Å². The minimum absolute atomic E-state index is 0. The van der Waals surface area contributed by atoms with E-state index in [2.05, 4.69) is 5.32 Å². The van der Waals surface area contributed by atoms with Crippen LogP contribution in [0.1, 0.15) is 36.0 Å². The van der Waals surface area contributed by atoms with Crippen LogP contribution in [0.4, 0.5) is 4.39 Å². The number of benzene rings is 1. The van der Waals surface area contributed by atoms with E-state index in [-0.39, 0.29) is 53.7 Å². The van der Waals surface area contributed by atoms with Crippen LogP contribution in [0.15, 0.2) is 18.2 Å². The monoisotopic (exact) mass is 370 g/mol. The Hall–Kier alpha value is -1.66. The molecule has 3 rings (SSSR count). The van der Waals surface area contributed by atoms with Crippen LogP contribution in [0, 0.1) is 11.2 Å². The molecule has 1 aromatic rings. The second-order valence-corrected chi connectivity index (χ2v) is 6.76. The second kappa shape index (κ2) is 8.15. The molecule has 138 valence electrons. The molecule has 1 unspecified atom stereocenters. The van der Waals surface area contributed by atoms with Gasteiger partial charge in [-0.2, -0.15) is 0 Å². The topological polar surface area (TPSA) is 58.6 Å². The number of carbonyl (C=O) groups is 2. The van der Waals surface area contributed by atoms with Gasteiger partial charge in [-0.1, -0.05) is 0 Å². The number of methoxy groups -OCH3 is 1. The molecule has 1 spiro atoms. The molecule has 0 bridgehead atoms. The molecule has 2 aliphatic heterocycles. The number of carbonyl (C=O) groups excluding carboxylic acids is 2. The van der Waals surface area contributed by atoms with E-state index < -0.39 is 5.82 Å². The molecular formula is C18H24ClFN2O3. The molecular weight excluding hydrogens is 347 g/mol. The van der Waals surface area contributed by atoms with Gasteiger partial charge in [0.25, 0.3) is 0 Å². The third-order valence-corrected chi connectivity index (χ3v) is 5.16. The summed E-state index contributed by atoms with van der Waals surface area (Å²) in [5.74, 6) is -0.664. The molecule has 0 saturated carbocycles. The van der Waals surface area contributed by atoms with Crippen LogP contribution in [0.5, 0.6) is 5.75 Å². The van der Waals surface area contributed by atoms with Crippen molar-refractivity contribution in [2.75, 3.05) is 33.3 Å². The number of hydrogen-bond donors (Lipinski definition) is 1. The number of hydrogen-bond acceptors (Lipinski definition) is 4. The Kier molecular flexibility index (Phi) is 6.41. The average Bonchev–Trinajstić information content (AvgIpc) is 3.22. The molecule has 25 heavy (non-hydrogen) atoms. The number of ether oxygens (including phenoxy) is 1. The van der Waals surface area contributed by atoms with Gasteiger partial charge in [0.15, 0.2) is 17.3 Å². The molecule has 2 saturated heterocycles. The molecule has 5 nitrogen and oxygen atoms in total. The van der Waals surface area contributed by atoms with Crippen LogP contribution in [0.3, 0.4) is 0 Å². The minimum Gasteiger partial charge on any atom is -0.494 e. The van der Waals surface area contributed by atoms with Crippen molar-refractivity contribution in [2.24, 2.45) is 5.41 Å². The highest BCUT2D eigenvalue weighted by Crippen LogP contribution is 2.36. The van der Waals surface area contributed by atoms with E-state index in [1.54, 1.807) is 0 Å². The molecule has 2 fully saturated rings. The Morgan fingerprint density at radius 2 is 2.12 bits per heavy atom. The Bertz CT molecular complexity index is 647. The molecule has 0 aromatic heterocycles. The van der Waals surface area contributed by atoms with Gasteiger partial charge in [-0.05, 0) is 37.6 Å². The summed E-state index contributed by atoms with van der Waals surface area (Å²) in [5, 5.41) is 3.36. The molecule has 0 radical (unpaired) electrons. The fourth-order valence-electron chi connectivity index (χ4n) is 3.65. The van der Waals surface area contributed by atoms with Gasteiger partial charge in [0.05, 0.1) is 7.11 Å². The van der Waals surface area contributed by atoms with E-state index in [0.717, 1.165) is 39.0 Å². The number of nitrogens with zero attached hydrogens (tertiary/aromatic N) is 1. The van der Waals surface area contributed by atoms with Crippen molar-refractivity contribution in [2.45, 2.75) is 25.7 Å². The number of nitrogens with one attached hydrogen (secondary N) is 1. The zero-order valence-electron chi connectivity index (χ0n) is 14.3. The van der Waals surface area contributed by atoms with Crippen LogP contribution in [0.25, 0.3) is 0 Å². The van der Waals surface area contributed by atoms with Crippen molar-refractivity contribution in [1.29, 1.82) is 0 Å². The first-order chi connectivity index (χ1) is 11.5. The lowest BCUT2D eigenvalue weighted by molar-refractivity contribution is -0.130. The zero-order valence-corrected chi connectivity index (χ0v) is 15.2. The number of halogens is 2. The maximum Gasteiger partial charge on any atom is 0.223 e. The van der Waals surface area contributed by atoms with Gasteiger partial charge in [-0.3, -0.25) is 9.59 Å². The molecule has 1 amide bonds. The van der Waals surface area contributed by atoms with Crippen molar-refractivity contribution in [1.82, 2.24) is 10.2 Å². The fourth-order valence-corrected chi connectivity index (χ4v) is 3.65. The van der Waals surface area contributed by atoms with Crippen LogP contribution in [-0.2, 0) is 4.79 Å². The second-order valence-electron chi connectivity index (χ2n) is 6.76. The lowest BCUT2D eigenvalue weighted by atomic mass is 9.86. The summed E-state index contributed by atoms with van der Waals surface area (Å²) in [6.07, 6.45) is 2.42. The van der Waals surface area contributed by atoms with E-state index in [4.69, 9.17) is 4.74 Å². The molecule has 2 heterocycles. The summed E-state index contributed by atoms with van der Waals surface area (Å²) in [6.45, 7) is 3.54. The Balaban J connectivity index is 0.00000225. The van der Waals surface area contributed by atoms with E-state index in [9.17, 15) is 14.0 Å². The SMILES string of the molecule is COc1ccc(C(=O)CCC(=O)N2CCC3(CCNC3)C2)cc1F.Cl. The van der Waals surface area contributed by atoms with Crippen molar-refractivity contribution >= 4 is 24.1 Å². The maximum absolute atomic E-state index is 13.7. The molecule has 2 aliphatic rings. The first-order valence-corrected chi connectivity index (χ1v) is 8.38. The van der Waals surface area contributed by atoms with Crippen molar-refractivity contribution in [3.63, 3.8) is 0 Å². The molecule has 0 aliphatic carbocycles. The van der Waals surface area contributed by atoms with E-state index in [1.165, 1.54) is 25.3 Å². The van der Waals surface area contributed by atoms with Gasteiger partial charge in [-0.25, -0.2) is 4.39 Å². The first-order valence-electron chi connectivity index (χ1n) is 8.38. The minimum atomic E-state index is -0.565. The highest BCUT2D eigenvalue weighted by molar-refractivity contribution is 5.98. The standard InChI is InChI=1S/C18H23FN2O3.ClH/c1-24-16-4-2-13(10-14(16)19)15(22)3-5-17(23)21-9-7-18(12-21)6-8-20-11-18;/h2,4,10,20H,3,5-9,11-12H2,1H3;1H. The quantitative estimate of drug-likeness (QED) is 0.809. The molecule has 1 N–H and O–H groups in total. The lowest BCUT2D eigenvalue weighted by Gasteiger charge is -2.22. The highest BCUT2D eigenvalue weighted by Gasteiger charge is 2.41. The summed E-state index contributed by atoms with van der Waals surface area (Å²) in [4.78, 5) is 26.4. The highest BCUT2D eigenvalue weighted by atomic mass is 35.5. The zero-order chi connectivity index (χ0) is 17.2. The van der Waals surface area contributed by atoms with E-state index in [1.807, 2.05) is 4.90 Å². The Morgan fingerprint density at radius 1 is 1.32 bits per heavy atom. The number of rotatable bonds is 5. The number of amides is 1. The number of Topliss-reactive ketones (excluding diaryl/α,β-unsaturated/α-hetero) is 1. The largest absolute Gasteiger partial charge is 0.494 e. The third kappa shape index (κ3) is 4.30. The molecule has 7 heteroatoms. The summed E-state index contributed by atoms with van der Waals surface area (Å²) in [6, 6.07) is 4.13. The summed E-state index contributed by atoms with van der Waals surface area (Å²) in [5.41, 5.74) is 0.512. The van der Waals surface area contributed by atoms with Gasteiger partial charge in [0.2, 0.25) is 5.91 Å². The Morgan fingerprint density at radius 3 is 2.76 bits per heavy atom. The summed E-state index contributed by atoms with van der Waals surface area (Å²) >= 11 is 0. The number of ketones is 1. The summed E-state index contributed by atoms with van der Waals surface area (Å²) in [7, 11) is 1.38. The molecule has 1 atom stereocenters. The van der Waals surface area contributed by atoms with Crippen LogP contribution in [-0.4, -0.2) is 49.9 Å². The predicted octanol–water partition coefficient (Wildman–Crippen LogP) is 2.43. The number of likely N-dealkylation sites (tertiary alicyclic amines) is 1. The van der Waals surface area contributed by atoms with Gasteiger partial charge < -0.3 is 15.0 Å². The lowest BCUT2D eigenvalue weighted by Crippen LogP contribution is -2.33.